The number of aromatic nitrogens is 3. The van der Waals surface area contributed by atoms with Gasteiger partial charge in [0.2, 0.25) is 0 Å². The highest BCUT2D eigenvalue weighted by Gasteiger charge is 2.13. The first-order chi connectivity index (χ1) is 15.9. The van der Waals surface area contributed by atoms with Gasteiger partial charge in [0.1, 0.15) is 29.0 Å². The first-order valence-electron chi connectivity index (χ1n) is 10.4. The van der Waals surface area contributed by atoms with Gasteiger partial charge in [-0.15, -0.1) is 0 Å². The molecule has 0 bridgehead atoms. The smallest absolute Gasteiger partial charge is 0.254 e. The maximum atomic E-state index is 11.9. The lowest BCUT2D eigenvalue weighted by Gasteiger charge is -2.10. The Labute approximate surface area is 197 Å². The molecule has 0 aliphatic rings. The minimum absolute atomic E-state index is 0.0820. The summed E-state index contributed by atoms with van der Waals surface area (Å²) in [5.41, 5.74) is 4.00. The number of pyridine rings is 2. The number of hydrogen-bond acceptors (Lipinski definition) is 6. The third-order valence-electron chi connectivity index (χ3n) is 4.98. The van der Waals surface area contributed by atoms with Gasteiger partial charge in [-0.1, -0.05) is 11.6 Å². The summed E-state index contributed by atoms with van der Waals surface area (Å²) in [5, 5.41) is 0.444. The average molecular weight is 463 g/mol. The lowest BCUT2D eigenvalue weighted by Crippen LogP contribution is -2.21. The summed E-state index contributed by atoms with van der Waals surface area (Å²) < 4.78 is 11.7. The topological polar surface area (TPSA) is 81.3 Å². The number of benzene rings is 1. The largest absolute Gasteiger partial charge is 0.487 e. The zero-order chi connectivity index (χ0) is 23.4. The van der Waals surface area contributed by atoms with Crippen LogP contribution in [0.5, 0.6) is 5.75 Å². The van der Waals surface area contributed by atoms with E-state index in [0.717, 1.165) is 28.3 Å². The summed E-state index contributed by atoms with van der Waals surface area (Å²) in [7, 11) is 3.42. The first-order valence-corrected chi connectivity index (χ1v) is 10.7. The van der Waals surface area contributed by atoms with Gasteiger partial charge in [0.05, 0.1) is 11.3 Å². The molecule has 0 spiro atoms. The number of amides is 1. The molecule has 0 aliphatic carbocycles. The Morgan fingerprint density at radius 1 is 1.09 bits per heavy atom. The Balaban J connectivity index is 1.39. The van der Waals surface area contributed by atoms with Gasteiger partial charge in [0.25, 0.3) is 5.91 Å². The maximum Gasteiger partial charge on any atom is 0.254 e. The molecule has 1 amide bonds. The Bertz CT molecular complexity index is 1250. The van der Waals surface area contributed by atoms with Crippen molar-refractivity contribution in [1.29, 1.82) is 0 Å². The van der Waals surface area contributed by atoms with E-state index in [0.29, 0.717) is 35.4 Å². The van der Waals surface area contributed by atoms with E-state index in [1.54, 1.807) is 44.7 Å². The Morgan fingerprint density at radius 2 is 1.88 bits per heavy atom. The van der Waals surface area contributed by atoms with Crippen LogP contribution in [0.2, 0.25) is 5.15 Å². The number of nitrogens with zero attached hydrogens (tertiary/aromatic N) is 4. The van der Waals surface area contributed by atoms with E-state index in [9.17, 15) is 4.79 Å². The third-order valence-corrected chi connectivity index (χ3v) is 5.19. The second kappa shape index (κ2) is 9.83. The molecule has 33 heavy (non-hydrogen) atoms. The van der Waals surface area contributed by atoms with Crippen molar-refractivity contribution < 1.29 is 13.9 Å². The Morgan fingerprint density at radius 3 is 2.55 bits per heavy atom. The van der Waals surface area contributed by atoms with Crippen molar-refractivity contribution in [1.82, 2.24) is 19.9 Å². The molecular formula is C25H23ClN4O3. The quantitative estimate of drug-likeness (QED) is 0.361. The summed E-state index contributed by atoms with van der Waals surface area (Å²) in [5.74, 6) is 1.99. The number of rotatable bonds is 7. The highest BCUT2D eigenvalue weighted by Crippen LogP contribution is 2.27. The van der Waals surface area contributed by atoms with Crippen molar-refractivity contribution in [3.05, 3.63) is 94.5 Å². The zero-order valence-electron chi connectivity index (χ0n) is 18.6. The van der Waals surface area contributed by atoms with Crippen molar-refractivity contribution >= 4 is 17.5 Å². The minimum atomic E-state index is -0.0820. The summed E-state index contributed by atoms with van der Waals surface area (Å²) in [6, 6.07) is 14.9. The molecule has 0 saturated carbocycles. The van der Waals surface area contributed by atoms with E-state index < -0.39 is 0 Å². The van der Waals surface area contributed by atoms with Crippen LogP contribution < -0.4 is 4.74 Å². The van der Waals surface area contributed by atoms with Crippen LogP contribution in [0.4, 0.5) is 0 Å². The number of carbonyl (C=O) groups excluding carboxylic acids is 1. The number of carbonyl (C=O) groups is 1. The van der Waals surface area contributed by atoms with Gasteiger partial charge in [0.15, 0.2) is 5.89 Å². The van der Waals surface area contributed by atoms with Gasteiger partial charge < -0.3 is 14.1 Å². The fourth-order valence-electron chi connectivity index (χ4n) is 3.28. The molecule has 0 aliphatic heterocycles. The van der Waals surface area contributed by atoms with Crippen molar-refractivity contribution in [2.75, 3.05) is 14.1 Å². The van der Waals surface area contributed by atoms with E-state index >= 15 is 0 Å². The summed E-state index contributed by atoms with van der Waals surface area (Å²) in [4.78, 5) is 26.4. The highest BCUT2D eigenvalue weighted by molar-refractivity contribution is 6.29. The van der Waals surface area contributed by atoms with E-state index in [4.69, 9.17) is 20.8 Å². The summed E-state index contributed by atoms with van der Waals surface area (Å²) in [6.45, 7) is 2.20. The van der Waals surface area contributed by atoms with Gasteiger partial charge in [0, 0.05) is 38.5 Å². The van der Waals surface area contributed by atoms with Crippen LogP contribution in [0.1, 0.15) is 33.3 Å². The molecule has 0 radical (unpaired) electrons. The van der Waals surface area contributed by atoms with Gasteiger partial charge in [-0.25, -0.2) is 9.97 Å². The number of hydrogen-bond donors (Lipinski definition) is 0. The predicted octanol–water partition coefficient (Wildman–Crippen LogP) is 4.97. The van der Waals surface area contributed by atoms with E-state index in [2.05, 4.69) is 15.0 Å². The first kappa shape index (κ1) is 22.5. The number of ether oxygens (including phenoxy) is 1. The van der Waals surface area contributed by atoms with Gasteiger partial charge in [-0.2, -0.15) is 0 Å². The molecule has 3 heterocycles. The van der Waals surface area contributed by atoms with Crippen molar-refractivity contribution in [3.63, 3.8) is 0 Å². The molecule has 0 atom stereocenters. The summed E-state index contributed by atoms with van der Waals surface area (Å²) >= 11 is 5.96. The monoisotopic (exact) mass is 462 g/mol. The molecule has 0 unspecified atom stereocenters. The van der Waals surface area contributed by atoms with Crippen LogP contribution in [0.25, 0.3) is 11.3 Å². The molecule has 168 valence electrons. The third kappa shape index (κ3) is 5.56. The molecule has 1 aromatic carbocycles. The summed E-state index contributed by atoms with van der Waals surface area (Å²) in [6.07, 6.45) is 3.77. The van der Waals surface area contributed by atoms with Gasteiger partial charge in [-0.3, -0.25) is 9.78 Å². The number of aryl methyl sites for hydroxylation is 1. The highest BCUT2D eigenvalue weighted by atomic mass is 35.5. The molecule has 0 fully saturated rings. The minimum Gasteiger partial charge on any atom is -0.487 e. The Hall–Kier alpha value is -3.71. The fraction of sp³-hybridized carbons (Fsp3) is 0.200. The molecule has 4 rings (SSSR count). The molecular weight excluding hydrogens is 440 g/mol. The van der Waals surface area contributed by atoms with Crippen LogP contribution in [0.15, 0.2) is 65.3 Å². The zero-order valence-corrected chi connectivity index (χ0v) is 19.3. The molecule has 4 aromatic rings. The second-order valence-corrected chi connectivity index (χ2v) is 8.11. The normalized spacial score (nSPS) is 10.8. The Kier molecular flexibility index (Phi) is 6.70. The molecule has 7 nitrogen and oxygen atoms in total. The second-order valence-electron chi connectivity index (χ2n) is 7.73. The van der Waals surface area contributed by atoms with Crippen LogP contribution in [-0.4, -0.2) is 39.9 Å². The lowest BCUT2D eigenvalue weighted by atomic mass is 10.1. The van der Waals surface area contributed by atoms with Crippen LogP contribution in [0.3, 0.4) is 0 Å². The van der Waals surface area contributed by atoms with Crippen LogP contribution >= 0.6 is 11.6 Å². The van der Waals surface area contributed by atoms with Crippen molar-refractivity contribution in [2.45, 2.75) is 20.0 Å². The average Bonchev–Trinajstić information content (AvgIpc) is 3.17. The van der Waals surface area contributed by atoms with Crippen molar-refractivity contribution in [2.24, 2.45) is 0 Å². The number of oxazole rings is 1. The standard InChI is InChI=1S/C25H23ClN4O3/c1-16-24(29-23(33-16)13-17-10-11-27-22(26)12-17)18-5-8-21(9-6-18)32-15-20-7-4-19(14-28-20)25(31)30(2)3/h4-12,14H,13,15H2,1-3H3. The van der Waals surface area contributed by atoms with E-state index in [-0.39, 0.29) is 5.91 Å². The maximum absolute atomic E-state index is 11.9. The van der Waals surface area contributed by atoms with E-state index in [1.165, 1.54) is 4.90 Å². The van der Waals surface area contributed by atoms with Gasteiger partial charge >= 0.3 is 0 Å². The number of halogens is 1. The molecule has 0 saturated heterocycles. The predicted molar refractivity (Wildman–Crippen MR) is 125 cm³/mol. The van der Waals surface area contributed by atoms with Crippen molar-refractivity contribution in [3.8, 4) is 17.0 Å². The SMILES string of the molecule is Cc1oc(Cc2ccnc(Cl)c2)nc1-c1ccc(OCc2ccc(C(=O)N(C)C)cn2)cc1. The lowest BCUT2D eigenvalue weighted by molar-refractivity contribution is 0.0827. The van der Waals surface area contributed by atoms with Crippen LogP contribution in [-0.2, 0) is 13.0 Å². The van der Waals surface area contributed by atoms with Gasteiger partial charge in [-0.05, 0) is 61.0 Å². The molecule has 3 aromatic heterocycles. The molecule has 8 heteroatoms. The van der Waals surface area contributed by atoms with Crippen LogP contribution in [0, 0.1) is 6.92 Å². The fourth-order valence-corrected chi connectivity index (χ4v) is 3.48. The van der Waals surface area contributed by atoms with E-state index in [1.807, 2.05) is 37.3 Å². The molecule has 0 N–H and O–H groups in total.